The van der Waals surface area contributed by atoms with E-state index in [2.05, 4.69) is 39.8 Å². The Balaban J connectivity index is 1.48. The van der Waals surface area contributed by atoms with Gasteiger partial charge in [-0.05, 0) is 49.4 Å². The van der Waals surface area contributed by atoms with Gasteiger partial charge in [0.15, 0.2) is 0 Å². The number of anilines is 1. The number of fused-ring (bicyclic) bond motifs is 1. The Morgan fingerprint density at radius 1 is 1.12 bits per heavy atom. The van der Waals surface area contributed by atoms with Crippen molar-refractivity contribution < 1.29 is 9.59 Å². The third kappa shape index (κ3) is 2.96. The highest BCUT2D eigenvalue weighted by Crippen LogP contribution is 2.61. The molecule has 0 unspecified atom stereocenters. The lowest BCUT2D eigenvalue weighted by molar-refractivity contribution is -0.126. The Labute approximate surface area is 193 Å². The molecule has 2 aromatic carbocycles. The summed E-state index contributed by atoms with van der Waals surface area (Å²) in [7, 11) is 0. The van der Waals surface area contributed by atoms with Crippen LogP contribution in [0.3, 0.4) is 0 Å². The van der Waals surface area contributed by atoms with Crippen LogP contribution in [0.2, 0.25) is 0 Å². The number of hydrogen-bond donors (Lipinski definition) is 2. The molecule has 2 atom stereocenters. The quantitative estimate of drug-likeness (QED) is 0.536. The molecule has 2 N–H and O–H groups in total. The Hall–Kier alpha value is -3.15. The molecule has 2 saturated carbocycles. The molecule has 170 valence electrons. The zero-order valence-corrected chi connectivity index (χ0v) is 19.2. The number of amides is 2. The summed E-state index contributed by atoms with van der Waals surface area (Å²) in [6.07, 6.45) is 6.29. The van der Waals surface area contributed by atoms with Crippen LogP contribution in [0.4, 0.5) is 5.69 Å². The van der Waals surface area contributed by atoms with Gasteiger partial charge in [-0.25, -0.2) is 0 Å². The molecule has 2 amide bonds. The topological polar surface area (TPSA) is 78.1 Å². The first-order chi connectivity index (χ1) is 16.0. The van der Waals surface area contributed by atoms with Crippen LogP contribution in [0, 0.1) is 11.3 Å². The monoisotopic (exact) mass is 442 g/mol. The summed E-state index contributed by atoms with van der Waals surface area (Å²) in [5.41, 5.74) is 3.13. The van der Waals surface area contributed by atoms with Crippen LogP contribution >= 0.6 is 0 Å². The molecule has 2 aliphatic carbocycles. The second kappa shape index (κ2) is 7.17. The fourth-order valence-corrected chi connectivity index (χ4v) is 6.35. The molecule has 2 heterocycles. The number of H-pyrrole nitrogens is 1. The first-order valence-electron chi connectivity index (χ1n) is 12.0. The fourth-order valence-electron chi connectivity index (χ4n) is 6.35. The van der Waals surface area contributed by atoms with E-state index in [4.69, 9.17) is 0 Å². The zero-order valence-electron chi connectivity index (χ0n) is 19.2. The van der Waals surface area contributed by atoms with Gasteiger partial charge in [0.25, 0.3) is 0 Å². The van der Waals surface area contributed by atoms with Crippen molar-refractivity contribution in [2.45, 2.75) is 63.5 Å². The minimum absolute atomic E-state index is 0.0366. The maximum atomic E-state index is 14.0. The van der Waals surface area contributed by atoms with Gasteiger partial charge in [-0.2, -0.15) is 5.10 Å². The summed E-state index contributed by atoms with van der Waals surface area (Å²) in [6, 6.07) is 16.3. The van der Waals surface area contributed by atoms with Crippen LogP contribution in [0.5, 0.6) is 0 Å². The highest BCUT2D eigenvalue weighted by Gasteiger charge is 2.66. The van der Waals surface area contributed by atoms with E-state index in [1.807, 2.05) is 43.0 Å². The molecule has 1 saturated heterocycles. The zero-order chi connectivity index (χ0) is 22.8. The van der Waals surface area contributed by atoms with Crippen molar-refractivity contribution in [1.29, 1.82) is 0 Å². The summed E-state index contributed by atoms with van der Waals surface area (Å²) < 4.78 is 0. The lowest BCUT2D eigenvalue weighted by atomic mass is 9.71. The highest BCUT2D eigenvalue weighted by molar-refractivity contribution is 6.02. The molecule has 1 aromatic heterocycles. The minimum atomic E-state index is -0.620. The van der Waals surface area contributed by atoms with Crippen molar-refractivity contribution in [2.75, 3.05) is 4.90 Å². The lowest BCUT2D eigenvalue weighted by Gasteiger charge is -2.36. The summed E-state index contributed by atoms with van der Waals surface area (Å²) in [6.45, 7) is 4.06. The van der Waals surface area contributed by atoms with E-state index in [0.717, 1.165) is 41.4 Å². The van der Waals surface area contributed by atoms with Crippen LogP contribution < -0.4 is 10.2 Å². The molecule has 33 heavy (non-hydrogen) atoms. The number of benzene rings is 2. The van der Waals surface area contributed by atoms with Crippen molar-refractivity contribution >= 4 is 28.9 Å². The Bertz CT molecular complexity index is 1220. The van der Waals surface area contributed by atoms with Gasteiger partial charge in [-0.1, -0.05) is 50.6 Å². The number of hydrogen-bond acceptors (Lipinski definition) is 3. The minimum Gasteiger partial charge on any atom is -0.353 e. The number of aromatic nitrogens is 2. The summed E-state index contributed by atoms with van der Waals surface area (Å²) in [5.74, 6) is 0.624. The maximum absolute atomic E-state index is 14.0. The number of nitrogens with one attached hydrogen (secondary N) is 2. The van der Waals surface area contributed by atoms with Gasteiger partial charge < -0.3 is 10.2 Å². The van der Waals surface area contributed by atoms with E-state index in [1.165, 1.54) is 25.0 Å². The second-order valence-corrected chi connectivity index (χ2v) is 10.6. The molecule has 6 nitrogen and oxygen atoms in total. The number of rotatable bonds is 6. The Morgan fingerprint density at radius 3 is 2.52 bits per heavy atom. The maximum Gasteiger partial charge on any atom is 0.233 e. The van der Waals surface area contributed by atoms with Crippen LogP contribution in [0.25, 0.3) is 10.9 Å². The van der Waals surface area contributed by atoms with Crippen molar-refractivity contribution in [3.05, 3.63) is 59.8 Å². The number of nitrogens with zero attached hydrogens (tertiary/aromatic N) is 2. The molecule has 6 heteroatoms. The van der Waals surface area contributed by atoms with E-state index < -0.39 is 5.41 Å². The number of aromatic amines is 1. The van der Waals surface area contributed by atoms with E-state index >= 15 is 0 Å². The van der Waals surface area contributed by atoms with Gasteiger partial charge in [0.1, 0.15) is 0 Å². The van der Waals surface area contributed by atoms with Crippen molar-refractivity contribution in [1.82, 2.24) is 15.5 Å². The molecular formula is C27H30N4O2. The number of carbonyl (C=O) groups excluding carboxylic acids is 2. The first kappa shape index (κ1) is 20.5. The average molecular weight is 443 g/mol. The van der Waals surface area contributed by atoms with E-state index in [1.54, 1.807) is 0 Å². The predicted molar refractivity (Wildman–Crippen MR) is 128 cm³/mol. The second-order valence-electron chi connectivity index (χ2n) is 10.6. The van der Waals surface area contributed by atoms with Gasteiger partial charge in [0.2, 0.25) is 12.3 Å². The normalized spacial score (nSPS) is 25.8. The standard InChI is InChI=1S/C27H30N4O2/c1-26(2)24(27(13-14-27)28-16-32)23(18-7-4-3-5-8-18)31(25(26)33)19-11-12-20-21(15-19)29-30-22(20)17-9-6-10-17/h3-5,7-8,11-12,15-17,23-24H,6,9-10,13-14H2,1-2H3,(H,28,32)(H,29,30)/t23-,24+/m0/s1. The molecule has 0 radical (unpaired) electrons. The Kier molecular flexibility index (Phi) is 4.45. The van der Waals surface area contributed by atoms with E-state index in [9.17, 15) is 9.59 Å². The summed E-state index contributed by atoms with van der Waals surface area (Å²) in [5, 5.41) is 12.1. The van der Waals surface area contributed by atoms with Gasteiger partial charge >= 0.3 is 0 Å². The van der Waals surface area contributed by atoms with Crippen LogP contribution in [0.1, 0.15) is 69.2 Å². The van der Waals surface area contributed by atoms with Crippen LogP contribution in [-0.2, 0) is 9.59 Å². The molecule has 3 aliphatic rings. The van der Waals surface area contributed by atoms with E-state index in [-0.39, 0.29) is 23.4 Å². The molecule has 3 fully saturated rings. The van der Waals surface area contributed by atoms with Crippen molar-refractivity contribution in [3.63, 3.8) is 0 Å². The van der Waals surface area contributed by atoms with Crippen LogP contribution in [0.15, 0.2) is 48.5 Å². The van der Waals surface area contributed by atoms with Gasteiger partial charge in [0.05, 0.1) is 17.0 Å². The molecule has 6 rings (SSSR count). The SMILES string of the molecule is CC1(C)C(=O)N(c2ccc3c(C4CCC4)[nH]nc3c2)[C@@H](c2ccccc2)[C@H]1C1(NC=O)CC1. The largest absolute Gasteiger partial charge is 0.353 e. The van der Waals surface area contributed by atoms with Crippen LogP contribution in [-0.4, -0.2) is 28.1 Å². The molecule has 0 bridgehead atoms. The summed E-state index contributed by atoms with van der Waals surface area (Å²) in [4.78, 5) is 27.5. The third-order valence-electron chi connectivity index (χ3n) is 8.37. The fraction of sp³-hybridized carbons (Fsp3) is 0.444. The average Bonchev–Trinajstić information content (AvgIpc) is 3.37. The molecule has 3 aromatic rings. The third-order valence-corrected chi connectivity index (χ3v) is 8.37. The number of carbonyl (C=O) groups is 2. The van der Waals surface area contributed by atoms with Crippen molar-refractivity contribution in [3.8, 4) is 0 Å². The lowest BCUT2D eigenvalue weighted by Crippen LogP contribution is -2.46. The smallest absolute Gasteiger partial charge is 0.233 e. The molecule has 0 spiro atoms. The Morgan fingerprint density at radius 2 is 1.88 bits per heavy atom. The highest BCUT2D eigenvalue weighted by atomic mass is 16.2. The molecule has 1 aliphatic heterocycles. The van der Waals surface area contributed by atoms with Gasteiger partial charge in [-0.3, -0.25) is 14.7 Å². The summed E-state index contributed by atoms with van der Waals surface area (Å²) >= 11 is 0. The van der Waals surface area contributed by atoms with Crippen molar-refractivity contribution in [2.24, 2.45) is 11.3 Å². The van der Waals surface area contributed by atoms with Gasteiger partial charge in [-0.15, -0.1) is 0 Å². The van der Waals surface area contributed by atoms with E-state index in [0.29, 0.717) is 5.92 Å². The molecular weight excluding hydrogens is 412 g/mol. The van der Waals surface area contributed by atoms with Gasteiger partial charge in [0, 0.05) is 34.1 Å². The predicted octanol–water partition coefficient (Wildman–Crippen LogP) is 4.84. The first-order valence-corrected chi connectivity index (χ1v) is 12.0.